The maximum absolute atomic E-state index is 12.8. The lowest BCUT2D eigenvalue weighted by molar-refractivity contribution is -0.128. The van der Waals surface area contributed by atoms with Gasteiger partial charge in [0.2, 0.25) is 0 Å². The maximum Gasteiger partial charge on any atom is 0.267 e. The Morgan fingerprint density at radius 1 is 1.21 bits per heavy atom. The van der Waals surface area contributed by atoms with E-state index in [-0.39, 0.29) is 12.0 Å². The van der Waals surface area contributed by atoms with Gasteiger partial charge in [-0.25, -0.2) is 5.48 Å². The lowest BCUT2D eigenvalue weighted by atomic mass is 10.1. The summed E-state index contributed by atoms with van der Waals surface area (Å²) < 4.78 is 6.15. The van der Waals surface area contributed by atoms with Crippen LogP contribution in [0.2, 0.25) is 0 Å². The highest BCUT2D eigenvalue weighted by molar-refractivity contribution is 5.96. The van der Waals surface area contributed by atoms with E-state index in [1.165, 1.54) is 11.6 Å². The molecule has 150 valence electrons. The molecule has 2 amide bonds. The minimum absolute atomic E-state index is 0.00984. The van der Waals surface area contributed by atoms with E-state index in [2.05, 4.69) is 12.2 Å². The molecule has 4 rings (SSSR count). The molecule has 1 saturated carbocycles. The lowest BCUT2D eigenvalue weighted by Gasteiger charge is -2.32. The van der Waals surface area contributed by atoms with Crippen molar-refractivity contribution in [1.29, 1.82) is 0 Å². The van der Waals surface area contributed by atoms with Crippen molar-refractivity contribution in [2.45, 2.75) is 25.4 Å². The number of benzene rings is 1. The number of likely N-dealkylation sites (tertiary alicyclic amines) is 1. The molecule has 6 heteroatoms. The number of hydrogen-bond acceptors (Lipinski definition) is 4. The van der Waals surface area contributed by atoms with E-state index in [4.69, 9.17) is 9.94 Å². The average Bonchev–Trinajstić information content (AvgIpc) is 3.51. The van der Waals surface area contributed by atoms with Gasteiger partial charge in [0, 0.05) is 49.1 Å². The maximum atomic E-state index is 12.8. The summed E-state index contributed by atoms with van der Waals surface area (Å²) in [7, 11) is 0. The van der Waals surface area contributed by atoms with Gasteiger partial charge in [-0.1, -0.05) is 42.0 Å². The zero-order valence-electron chi connectivity index (χ0n) is 16.1. The molecule has 2 N–H and O–H groups in total. The predicted octanol–water partition coefficient (Wildman–Crippen LogP) is 3.02. The number of para-hydroxylation sites is 1. The van der Waals surface area contributed by atoms with E-state index in [1.54, 1.807) is 11.6 Å². The number of hydroxylamine groups is 1. The molecule has 2 aliphatic carbocycles. The Kier molecular flexibility index (Phi) is 5.62. The first-order valence-electron chi connectivity index (χ1n) is 9.90. The van der Waals surface area contributed by atoms with E-state index in [0.29, 0.717) is 24.8 Å². The van der Waals surface area contributed by atoms with Gasteiger partial charge < -0.3 is 9.64 Å². The zero-order valence-corrected chi connectivity index (χ0v) is 16.1. The van der Waals surface area contributed by atoms with E-state index >= 15 is 0 Å². The van der Waals surface area contributed by atoms with Gasteiger partial charge in [-0.05, 0) is 24.6 Å². The monoisotopic (exact) mass is 392 g/mol. The Balaban J connectivity index is 1.34. The number of piperidine rings is 1. The van der Waals surface area contributed by atoms with Crippen LogP contribution >= 0.6 is 0 Å². The molecular formula is C23H24N2O4. The fraction of sp³-hybridized carbons (Fsp3) is 0.304. The minimum atomic E-state index is -0.595. The third-order valence-corrected chi connectivity index (χ3v) is 5.45. The number of rotatable bonds is 5. The molecular weight excluding hydrogens is 368 g/mol. The Morgan fingerprint density at radius 2 is 2.00 bits per heavy atom. The van der Waals surface area contributed by atoms with Crippen LogP contribution in [0.25, 0.3) is 6.08 Å². The SMILES string of the molecule is O=C(/C=C/c1ccccc1OC1CCN(C(=O)C2=C[C@@H]3CC3=CC=C2)CC1)NO. The summed E-state index contributed by atoms with van der Waals surface area (Å²) in [4.78, 5) is 26.0. The van der Waals surface area contributed by atoms with Gasteiger partial charge in [0.15, 0.2) is 0 Å². The third-order valence-electron chi connectivity index (χ3n) is 5.45. The quantitative estimate of drug-likeness (QED) is 0.459. The molecule has 1 saturated heterocycles. The second-order valence-electron chi connectivity index (χ2n) is 7.49. The van der Waals surface area contributed by atoms with Crippen LogP contribution in [0, 0.1) is 5.92 Å². The molecule has 1 aromatic rings. The molecule has 0 bridgehead atoms. The van der Waals surface area contributed by atoms with Gasteiger partial charge >= 0.3 is 0 Å². The highest BCUT2D eigenvalue weighted by Gasteiger charge is 2.31. The molecule has 3 aliphatic rings. The van der Waals surface area contributed by atoms with Crippen molar-refractivity contribution in [1.82, 2.24) is 10.4 Å². The summed E-state index contributed by atoms with van der Waals surface area (Å²) in [6, 6.07) is 7.44. The molecule has 0 aromatic heterocycles. The van der Waals surface area contributed by atoms with Crippen molar-refractivity contribution in [2.24, 2.45) is 5.92 Å². The first-order chi connectivity index (χ1) is 14.1. The number of nitrogens with zero attached hydrogens (tertiary/aromatic N) is 1. The number of nitrogens with one attached hydrogen (secondary N) is 1. The van der Waals surface area contributed by atoms with Gasteiger partial charge in [0.05, 0.1) is 0 Å². The zero-order chi connectivity index (χ0) is 20.2. The molecule has 6 nitrogen and oxygen atoms in total. The molecule has 0 radical (unpaired) electrons. The van der Waals surface area contributed by atoms with E-state index < -0.39 is 5.91 Å². The first kappa shape index (κ1) is 19.2. The van der Waals surface area contributed by atoms with Crippen LogP contribution in [-0.4, -0.2) is 41.1 Å². The summed E-state index contributed by atoms with van der Waals surface area (Å²) in [5.74, 6) is 0.630. The van der Waals surface area contributed by atoms with Crippen molar-refractivity contribution in [3.8, 4) is 5.75 Å². The van der Waals surface area contributed by atoms with Crippen LogP contribution in [0.4, 0.5) is 0 Å². The molecule has 1 heterocycles. The van der Waals surface area contributed by atoms with Crippen molar-refractivity contribution in [2.75, 3.05) is 13.1 Å². The fourth-order valence-electron chi connectivity index (χ4n) is 3.71. The van der Waals surface area contributed by atoms with Gasteiger partial charge in [0.1, 0.15) is 11.9 Å². The Bertz CT molecular complexity index is 921. The number of ether oxygens (including phenoxy) is 1. The van der Waals surface area contributed by atoms with Crippen LogP contribution in [0.1, 0.15) is 24.8 Å². The largest absolute Gasteiger partial charge is 0.490 e. The van der Waals surface area contributed by atoms with Crippen molar-refractivity contribution >= 4 is 17.9 Å². The summed E-state index contributed by atoms with van der Waals surface area (Å²) in [6.45, 7) is 1.31. The molecule has 1 atom stereocenters. The van der Waals surface area contributed by atoms with E-state index in [1.807, 2.05) is 41.3 Å². The average molecular weight is 392 g/mol. The summed E-state index contributed by atoms with van der Waals surface area (Å²) in [5.41, 5.74) is 4.52. The standard InChI is InChI=1S/C23H24N2O4/c26-22(24-28)9-8-16-4-1-2-7-21(16)29-20-10-12-25(13-11-20)23(27)18-6-3-5-17-14-19(17)15-18/h1-9,15,19-20,28H,10-14H2,(H,24,26)/b9-8+/t19-/m0/s1. The third kappa shape index (κ3) is 4.66. The van der Waals surface area contributed by atoms with Crippen molar-refractivity contribution in [3.63, 3.8) is 0 Å². The highest BCUT2D eigenvalue weighted by atomic mass is 16.5. The van der Waals surface area contributed by atoms with Crippen molar-refractivity contribution < 1.29 is 19.5 Å². The topological polar surface area (TPSA) is 78.9 Å². The number of fused-ring (bicyclic) bond motifs is 1. The normalized spacial score (nSPS) is 21.1. The van der Waals surface area contributed by atoms with Crippen LogP contribution in [0.3, 0.4) is 0 Å². The minimum Gasteiger partial charge on any atom is -0.490 e. The van der Waals surface area contributed by atoms with Gasteiger partial charge in [-0.3, -0.25) is 14.8 Å². The number of carbonyl (C=O) groups is 2. The van der Waals surface area contributed by atoms with Gasteiger partial charge in [-0.15, -0.1) is 0 Å². The number of amides is 2. The summed E-state index contributed by atoms with van der Waals surface area (Å²) >= 11 is 0. The van der Waals surface area contributed by atoms with Gasteiger partial charge in [-0.2, -0.15) is 0 Å². The molecule has 0 spiro atoms. The molecule has 29 heavy (non-hydrogen) atoms. The molecule has 0 unspecified atom stereocenters. The van der Waals surface area contributed by atoms with E-state index in [9.17, 15) is 9.59 Å². The number of hydrogen-bond donors (Lipinski definition) is 2. The molecule has 2 fully saturated rings. The van der Waals surface area contributed by atoms with Crippen LogP contribution in [0.15, 0.2) is 65.8 Å². The first-order valence-corrected chi connectivity index (χ1v) is 9.90. The Hall–Kier alpha value is -3.12. The van der Waals surface area contributed by atoms with Crippen LogP contribution < -0.4 is 10.2 Å². The van der Waals surface area contributed by atoms with Crippen LogP contribution in [-0.2, 0) is 9.59 Å². The number of allylic oxidation sites excluding steroid dienone is 4. The second kappa shape index (κ2) is 8.49. The lowest BCUT2D eigenvalue weighted by Crippen LogP contribution is -2.42. The second-order valence-corrected chi connectivity index (χ2v) is 7.49. The Morgan fingerprint density at radius 3 is 2.79 bits per heavy atom. The fourth-order valence-corrected chi connectivity index (χ4v) is 3.71. The van der Waals surface area contributed by atoms with E-state index in [0.717, 1.165) is 30.4 Å². The summed E-state index contributed by atoms with van der Waals surface area (Å²) in [5, 5.41) is 8.61. The molecule has 1 aliphatic heterocycles. The predicted molar refractivity (Wildman–Crippen MR) is 109 cm³/mol. The van der Waals surface area contributed by atoms with Crippen molar-refractivity contribution in [3.05, 3.63) is 71.4 Å². The smallest absolute Gasteiger partial charge is 0.267 e. The highest BCUT2D eigenvalue weighted by Crippen LogP contribution is 2.41. The number of carbonyl (C=O) groups excluding carboxylic acids is 2. The summed E-state index contributed by atoms with van der Waals surface area (Å²) in [6.07, 6.45) is 13.5. The van der Waals surface area contributed by atoms with Crippen LogP contribution in [0.5, 0.6) is 5.75 Å². The van der Waals surface area contributed by atoms with Gasteiger partial charge in [0.25, 0.3) is 11.8 Å². The Labute approximate surface area is 169 Å². The molecule has 1 aromatic carbocycles.